The second-order valence-electron chi connectivity index (χ2n) is 7.46. The average Bonchev–Trinajstić information content (AvgIpc) is 3.09. The van der Waals surface area contributed by atoms with Crippen LogP contribution in [0.5, 0.6) is 0 Å². The molecule has 31 heavy (non-hydrogen) atoms. The number of anilines is 1. The van der Waals surface area contributed by atoms with Crippen molar-refractivity contribution >= 4 is 34.8 Å². The molecule has 0 atom stereocenters. The number of carbonyl (C=O) groups is 2. The van der Waals surface area contributed by atoms with Crippen molar-refractivity contribution in [2.45, 2.75) is 12.8 Å². The van der Waals surface area contributed by atoms with Crippen LogP contribution >= 0.6 is 11.6 Å². The van der Waals surface area contributed by atoms with Gasteiger partial charge < -0.3 is 10.2 Å². The van der Waals surface area contributed by atoms with E-state index in [2.05, 4.69) is 10.4 Å². The Labute approximate surface area is 185 Å². The van der Waals surface area contributed by atoms with E-state index in [1.165, 1.54) is 6.20 Å². The summed E-state index contributed by atoms with van der Waals surface area (Å²) in [5.41, 5.74) is 2.82. The Morgan fingerprint density at radius 2 is 1.71 bits per heavy atom. The van der Waals surface area contributed by atoms with Gasteiger partial charge in [-0.2, -0.15) is 5.10 Å². The first-order valence-electron chi connectivity index (χ1n) is 9.97. The van der Waals surface area contributed by atoms with Gasteiger partial charge in [0.2, 0.25) is 0 Å². The fraction of sp³-hybridized carbons (Fsp3) is 0.217. The predicted octanol–water partition coefficient (Wildman–Crippen LogP) is 3.78. The van der Waals surface area contributed by atoms with Crippen molar-refractivity contribution in [1.82, 2.24) is 14.7 Å². The Balaban J connectivity index is 1.47. The number of likely N-dealkylation sites (tertiary alicyclic amines) is 1. The van der Waals surface area contributed by atoms with Crippen molar-refractivity contribution in [3.8, 4) is 0 Å². The highest BCUT2D eigenvalue weighted by Crippen LogP contribution is 2.18. The Bertz CT molecular complexity index is 1130. The molecule has 2 N–H and O–H groups in total. The van der Waals surface area contributed by atoms with Crippen LogP contribution in [-0.2, 0) is 13.5 Å². The van der Waals surface area contributed by atoms with Crippen LogP contribution in [0, 0.1) is 5.41 Å². The molecule has 1 fully saturated rings. The van der Waals surface area contributed by atoms with Gasteiger partial charge in [0.1, 0.15) is 5.84 Å². The lowest BCUT2D eigenvalue weighted by Gasteiger charge is -2.33. The number of carbonyl (C=O) groups excluding carboxylic acids is 2. The molecule has 0 spiro atoms. The van der Waals surface area contributed by atoms with Crippen molar-refractivity contribution in [1.29, 1.82) is 5.41 Å². The zero-order valence-corrected chi connectivity index (χ0v) is 17.8. The summed E-state index contributed by atoms with van der Waals surface area (Å²) in [6.07, 6.45) is 2.62. The van der Waals surface area contributed by atoms with Gasteiger partial charge in [0, 0.05) is 42.0 Å². The van der Waals surface area contributed by atoms with E-state index >= 15 is 0 Å². The van der Waals surface area contributed by atoms with Gasteiger partial charge in [0.05, 0.1) is 23.9 Å². The van der Waals surface area contributed by atoms with E-state index in [1.807, 2.05) is 4.90 Å². The van der Waals surface area contributed by atoms with Crippen LogP contribution < -0.4 is 5.32 Å². The molecule has 7 nitrogen and oxygen atoms in total. The summed E-state index contributed by atoms with van der Waals surface area (Å²) in [5, 5.41) is 15.8. The number of nitrogens with one attached hydrogen (secondary N) is 2. The van der Waals surface area contributed by atoms with E-state index in [0.29, 0.717) is 33.4 Å². The molecule has 0 unspecified atom stereocenters. The van der Waals surface area contributed by atoms with Crippen LogP contribution in [0.2, 0.25) is 5.02 Å². The molecule has 1 aliphatic heterocycles. The summed E-state index contributed by atoms with van der Waals surface area (Å²) in [5.74, 6) is 0.0285. The highest BCUT2D eigenvalue weighted by atomic mass is 35.5. The number of aromatic nitrogens is 2. The van der Waals surface area contributed by atoms with E-state index in [4.69, 9.17) is 17.0 Å². The monoisotopic (exact) mass is 435 g/mol. The van der Waals surface area contributed by atoms with Crippen LogP contribution in [0.25, 0.3) is 0 Å². The SMILES string of the molecule is Cn1ncc(C(=O)Nc2ccc(Cl)cc2)c1CC(=O)c1ccc(C(=N)N2CCC2)cc1. The van der Waals surface area contributed by atoms with Crippen LogP contribution in [0.1, 0.15) is 38.4 Å². The van der Waals surface area contributed by atoms with Crippen molar-refractivity contribution in [3.63, 3.8) is 0 Å². The zero-order chi connectivity index (χ0) is 22.0. The molecule has 2 heterocycles. The molecule has 1 amide bonds. The molecule has 0 bridgehead atoms. The topological polar surface area (TPSA) is 91.1 Å². The molecule has 8 heteroatoms. The minimum absolute atomic E-state index is 0.0444. The maximum Gasteiger partial charge on any atom is 0.259 e. The Hall–Kier alpha value is -3.45. The molecule has 1 saturated heterocycles. The number of aryl methyl sites for hydroxylation is 1. The lowest BCUT2D eigenvalue weighted by molar-refractivity contribution is 0.0990. The second-order valence-corrected chi connectivity index (χ2v) is 7.89. The first kappa shape index (κ1) is 20.8. The summed E-state index contributed by atoms with van der Waals surface area (Å²) >= 11 is 5.88. The number of hydrogen-bond acceptors (Lipinski definition) is 4. The Morgan fingerprint density at radius 1 is 1.06 bits per heavy atom. The number of hydrogen-bond donors (Lipinski definition) is 2. The zero-order valence-electron chi connectivity index (χ0n) is 17.1. The molecule has 158 valence electrons. The molecule has 1 aromatic heterocycles. The number of halogens is 1. The van der Waals surface area contributed by atoms with Gasteiger partial charge >= 0.3 is 0 Å². The van der Waals surface area contributed by atoms with E-state index in [9.17, 15) is 9.59 Å². The minimum atomic E-state index is -0.337. The van der Waals surface area contributed by atoms with Crippen molar-refractivity contribution in [2.24, 2.45) is 7.05 Å². The van der Waals surface area contributed by atoms with Gasteiger partial charge in [0.25, 0.3) is 5.91 Å². The largest absolute Gasteiger partial charge is 0.356 e. The molecule has 0 aliphatic carbocycles. The molecule has 4 rings (SSSR count). The van der Waals surface area contributed by atoms with Crippen LogP contribution in [0.4, 0.5) is 5.69 Å². The summed E-state index contributed by atoms with van der Waals surface area (Å²) in [7, 11) is 1.71. The quantitative estimate of drug-likeness (QED) is 0.350. The van der Waals surface area contributed by atoms with Gasteiger partial charge in [-0.05, 0) is 30.7 Å². The Kier molecular flexibility index (Phi) is 5.86. The average molecular weight is 436 g/mol. The number of amidine groups is 1. The normalized spacial score (nSPS) is 12.9. The standard InChI is InChI=1S/C23H22ClN5O2/c1-28-20(19(14-26-28)23(31)27-18-9-7-17(24)8-10-18)13-21(30)15-3-5-16(6-4-15)22(25)29-11-2-12-29/h3-10,14,25H,2,11-13H2,1H3,(H,27,31). The lowest BCUT2D eigenvalue weighted by atomic mass is 10.0. The number of ketones is 1. The molecular formula is C23H22ClN5O2. The molecule has 0 radical (unpaired) electrons. The first-order valence-corrected chi connectivity index (χ1v) is 10.3. The molecule has 1 aliphatic rings. The molecular weight excluding hydrogens is 414 g/mol. The third-order valence-electron chi connectivity index (χ3n) is 5.39. The predicted molar refractivity (Wildman–Crippen MR) is 120 cm³/mol. The van der Waals surface area contributed by atoms with Gasteiger partial charge in [-0.25, -0.2) is 0 Å². The fourth-order valence-corrected chi connectivity index (χ4v) is 3.51. The van der Waals surface area contributed by atoms with Crippen molar-refractivity contribution < 1.29 is 9.59 Å². The lowest BCUT2D eigenvalue weighted by Crippen LogP contribution is -2.42. The number of amides is 1. The number of benzene rings is 2. The van der Waals surface area contributed by atoms with E-state index < -0.39 is 0 Å². The van der Waals surface area contributed by atoms with Crippen molar-refractivity contribution in [2.75, 3.05) is 18.4 Å². The first-order chi connectivity index (χ1) is 14.9. The molecule has 0 saturated carbocycles. The van der Waals surface area contributed by atoms with Crippen LogP contribution in [0.15, 0.2) is 54.7 Å². The van der Waals surface area contributed by atoms with Gasteiger partial charge in [-0.1, -0.05) is 35.9 Å². The summed E-state index contributed by atoms with van der Waals surface area (Å²) in [4.78, 5) is 27.6. The highest BCUT2D eigenvalue weighted by Gasteiger charge is 2.21. The van der Waals surface area contributed by atoms with Gasteiger partial charge in [0.15, 0.2) is 5.78 Å². The molecule has 2 aromatic carbocycles. The highest BCUT2D eigenvalue weighted by molar-refractivity contribution is 6.30. The molecule has 3 aromatic rings. The van der Waals surface area contributed by atoms with E-state index in [0.717, 1.165) is 25.1 Å². The maximum absolute atomic E-state index is 12.9. The number of rotatable bonds is 6. The van der Waals surface area contributed by atoms with Gasteiger partial charge in [-0.15, -0.1) is 0 Å². The smallest absolute Gasteiger partial charge is 0.259 e. The number of nitrogens with zero attached hydrogens (tertiary/aromatic N) is 3. The summed E-state index contributed by atoms with van der Waals surface area (Å²) < 4.78 is 1.54. The minimum Gasteiger partial charge on any atom is -0.356 e. The number of Topliss-reactive ketones (excluding diaryl/α,β-unsaturated/α-hetero) is 1. The third kappa shape index (κ3) is 4.51. The second kappa shape index (κ2) is 8.73. The van der Waals surface area contributed by atoms with Crippen molar-refractivity contribution in [3.05, 3.63) is 82.1 Å². The van der Waals surface area contributed by atoms with Crippen LogP contribution in [0.3, 0.4) is 0 Å². The van der Waals surface area contributed by atoms with Gasteiger partial charge in [-0.3, -0.25) is 19.7 Å². The summed E-state index contributed by atoms with van der Waals surface area (Å²) in [6, 6.07) is 13.9. The Morgan fingerprint density at radius 3 is 2.32 bits per heavy atom. The van der Waals surface area contributed by atoms with E-state index in [1.54, 1.807) is 60.3 Å². The van der Waals surface area contributed by atoms with Crippen LogP contribution in [-0.4, -0.2) is 45.3 Å². The fourth-order valence-electron chi connectivity index (χ4n) is 3.38. The maximum atomic E-state index is 12.9. The third-order valence-corrected chi connectivity index (χ3v) is 5.64. The van der Waals surface area contributed by atoms with E-state index in [-0.39, 0.29) is 18.1 Å². The summed E-state index contributed by atoms with van der Waals surface area (Å²) in [6.45, 7) is 1.81.